The minimum absolute atomic E-state index is 0.105. The largest absolute Gasteiger partial charge is 0.293 e. The maximum atomic E-state index is 13.4. The third kappa shape index (κ3) is 2.35. The molecule has 0 unspecified atom stereocenters. The van der Waals surface area contributed by atoms with Crippen molar-refractivity contribution in [2.75, 3.05) is 0 Å². The van der Waals surface area contributed by atoms with Crippen LogP contribution in [0.5, 0.6) is 0 Å². The zero-order valence-corrected chi connectivity index (χ0v) is 15.0. The van der Waals surface area contributed by atoms with E-state index in [4.69, 9.17) is 0 Å². The highest BCUT2D eigenvalue weighted by Gasteiger charge is 2.53. The lowest BCUT2D eigenvalue weighted by molar-refractivity contribution is -0.119. The lowest BCUT2D eigenvalue weighted by Gasteiger charge is -2.37. The van der Waals surface area contributed by atoms with Crippen molar-refractivity contribution in [1.29, 1.82) is 0 Å². The van der Waals surface area contributed by atoms with E-state index >= 15 is 0 Å². The van der Waals surface area contributed by atoms with Crippen LogP contribution in [0, 0.1) is 5.92 Å². The molecule has 0 saturated heterocycles. The maximum Gasteiger partial charge on any atom is 0.171 e. The summed E-state index contributed by atoms with van der Waals surface area (Å²) >= 11 is 0. The van der Waals surface area contributed by atoms with Crippen molar-refractivity contribution in [3.8, 4) is 0 Å². The molecule has 1 spiro atoms. The Labute approximate surface area is 159 Å². The monoisotopic (exact) mass is 348 g/mol. The molecule has 3 aromatic carbocycles. The standard InChI is InChI=1S/C26H20O/c27-25-17-15-20-10-4-6-12-23(20)26(25)22(16-14-19-8-2-1-3-9-19)18-21-11-5-7-13-24(21)26/h1-17,22H,18H2/b16-14+/t22-,26+/m0/s1. The predicted octanol–water partition coefficient (Wildman–Crippen LogP) is 5.45. The van der Waals surface area contributed by atoms with E-state index in [-0.39, 0.29) is 11.7 Å². The third-order valence-electron chi connectivity index (χ3n) is 5.95. The minimum Gasteiger partial charge on any atom is -0.293 e. The van der Waals surface area contributed by atoms with Crippen LogP contribution in [-0.4, -0.2) is 5.78 Å². The van der Waals surface area contributed by atoms with E-state index < -0.39 is 5.41 Å². The van der Waals surface area contributed by atoms with Gasteiger partial charge < -0.3 is 0 Å². The van der Waals surface area contributed by atoms with Crippen molar-refractivity contribution in [2.45, 2.75) is 11.8 Å². The van der Waals surface area contributed by atoms with Crippen LogP contribution in [0.15, 0.2) is 91.0 Å². The molecule has 27 heavy (non-hydrogen) atoms. The highest BCUT2D eigenvalue weighted by molar-refractivity contribution is 6.08. The van der Waals surface area contributed by atoms with Crippen molar-refractivity contribution in [2.24, 2.45) is 5.92 Å². The molecule has 0 radical (unpaired) electrons. The number of allylic oxidation sites excluding steroid dienone is 2. The van der Waals surface area contributed by atoms with Gasteiger partial charge >= 0.3 is 0 Å². The first-order chi connectivity index (χ1) is 13.3. The molecule has 1 heteroatoms. The summed E-state index contributed by atoms with van der Waals surface area (Å²) in [5, 5.41) is 0. The number of benzene rings is 3. The molecule has 1 nitrogen and oxygen atoms in total. The van der Waals surface area contributed by atoms with E-state index in [9.17, 15) is 4.79 Å². The smallest absolute Gasteiger partial charge is 0.171 e. The molecule has 0 amide bonds. The van der Waals surface area contributed by atoms with Crippen LogP contribution in [0.3, 0.4) is 0 Å². The highest BCUT2D eigenvalue weighted by Crippen LogP contribution is 2.52. The van der Waals surface area contributed by atoms with Gasteiger partial charge in [0.25, 0.3) is 0 Å². The molecule has 0 heterocycles. The quantitative estimate of drug-likeness (QED) is 0.601. The normalized spacial score (nSPS) is 23.0. The van der Waals surface area contributed by atoms with Gasteiger partial charge in [0, 0.05) is 5.92 Å². The summed E-state index contributed by atoms with van der Waals surface area (Å²) < 4.78 is 0. The predicted molar refractivity (Wildman–Crippen MR) is 110 cm³/mol. The first kappa shape index (κ1) is 16.0. The molecule has 0 aliphatic heterocycles. The summed E-state index contributed by atoms with van der Waals surface area (Å²) in [6, 6.07) is 27.1. The summed E-state index contributed by atoms with van der Waals surface area (Å²) in [4.78, 5) is 13.4. The van der Waals surface area contributed by atoms with Gasteiger partial charge in [0.2, 0.25) is 0 Å². The molecule has 2 aliphatic carbocycles. The molecule has 0 saturated carbocycles. The van der Waals surface area contributed by atoms with E-state index in [1.165, 1.54) is 5.56 Å². The van der Waals surface area contributed by atoms with Crippen molar-refractivity contribution < 1.29 is 4.79 Å². The molecule has 0 fully saturated rings. The average Bonchev–Trinajstić information content (AvgIpc) is 3.05. The molecule has 0 aromatic heterocycles. The second-order valence-corrected chi connectivity index (χ2v) is 7.33. The zero-order chi connectivity index (χ0) is 18.3. The number of fused-ring (bicyclic) bond motifs is 4. The van der Waals surface area contributed by atoms with Gasteiger partial charge in [-0.3, -0.25) is 4.79 Å². The number of ketones is 1. The summed E-state index contributed by atoms with van der Waals surface area (Å²) in [6.45, 7) is 0. The molecule has 0 N–H and O–H groups in total. The van der Waals surface area contributed by atoms with Gasteiger partial charge in [0.1, 0.15) is 0 Å². The fraction of sp³-hybridized carbons (Fsp3) is 0.115. The van der Waals surface area contributed by atoms with Crippen LogP contribution < -0.4 is 0 Å². The molecular formula is C26H20O. The van der Waals surface area contributed by atoms with E-state index in [0.29, 0.717) is 0 Å². The van der Waals surface area contributed by atoms with Crippen molar-refractivity contribution in [3.63, 3.8) is 0 Å². The van der Waals surface area contributed by atoms with Crippen LogP contribution in [0.2, 0.25) is 0 Å². The van der Waals surface area contributed by atoms with E-state index in [1.54, 1.807) is 6.08 Å². The van der Waals surface area contributed by atoms with Gasteiger partial charge in [-0.15, -0.1) is 0 Å². The Hall–Kier alpha value is -3.19. The van der Waals surface area contributed by atoms with E-state index in [0.717, 1.165) is 28.7 Å². The Bertz CT molecular complexity index is 1070. The van der Waals surface area contributed by atoms with Gasteiger partial charge in [-0.1, -0.05) is 97.1 Å². The van der Waals surface area contributed by atoms with Crippen LogP contribution >= 0.6 is 0 Å². The molecular weight excluding hydrogens is 328 g/mol. The topological polar surface area (TPSA) is 17.1 Å². The Kier molecular flexibility index (Phi) is 3.68. The fourth-order valence-corrected chi connectivity index (χ4v) is 4.77. The molecule has 0 bridgehead atoms. The first-order valence-electron chi connectivity index (χ1n) is 9.44. The second kappa shape index (κ2) is 6.21. The van der Waals surface area contributed by atoms with Crippen molar-refractivity contribution >= 4 is 17.9 Å². The Morgan fingerprint density at radius 3 is 2.33 bits per heavy atom. The molecule has 3 aromatic rings. The first-order valence-corrected chi connectivity index (χ1v) is 9.44. The summed E-state index contributed by atoms with van der Waals surface area (Å²) in [5.41, 5.74) is 5.26. The van der Waals surface area contributed by atoms with Crippen LogP contribution in [0.1, 0.15) is 27.8 Å². The van der Waals surface area contributed by atoms with Crippen LogP contribution in [-0.2, 0) is 16.6 Å². The summed E-state index contributed by atoms with van der Waals surface area (Å²) in [7, 11) is 0. The minimum atomic E-state index is -0.618. The van der Waals surface area contributed by atoms with Crippen molar-refractivity contribution in [1.82, 2.24) is 0 Å². The SMILES string of the molecule is O=C1C=Cc2ccccc2[C@]12c1ccccc1C[C@@H]2/C=C/c1ccccc1. The Morgan fingerprint density at radius 2 is 1.48 bits per heavy atom. The summed E-state index contributed by atoms with van der Waals surface area (Å²) in [6.07, 6.45) is 9.01. The fourth-order valence-electron chi connectivity index (χ4n) is 4.77. The van der Waals surface area contributed by atoms with Gasteiger partial charge in [-0.25, -0.2) is 0 Å². The molecule has 130 valence electrons. The van der Waals surface area contributed by atoms with Gasteiger partial charge in [0.15, 0.2) is 5.78 Å². The lowest BCUT2D eigenvalue weighted by atomic mass is 9.63. The molecule has 2 aliphatic rings. The number of hydrogen-bond donors (Lipinski definition) is 0. The van der Waals surface area contributed by atoms with Gasteiger partial charge in [0.05, 0.1) is 5.41 Å². The average molecular weight is 348 g/mol. The van der Waals surface area contributed by atoms with Crippen LogP contribution in [0.4, 0.5) is 0 Å². The van der Waals surface area contributed by atoms with Gasteiger partial charge in [-0.2, -0.15) is 0 Å². The molecule has 5 rings (SSSR count). The zero-order valence-electron chi connectivity index (χ0n) is 15.0. The maximum absolute atomic E-state index is 13.4. The number of hydrogen-bond acceptors (Lipinski definition) is 1. The summed E-state index contributed by atoms with van der Waals surface area (Å²) in [5.74, 6) is 0.294. The Balaban J connectivity index is 1.72. The lowest BCUT2D eigenvalue weighted by Crippen LogP contribution is -2.42. The van der Waals surface area contributed by atoms with E-state index in [2.05, 4.69) is 60.7 Å². The highest BCUT2D eigenvalue weighted by atomic mass is 16.1. The van der Waals surface area contributed by atoms with E-state index in [1.807, 2.05) is 36.4 Å². The number of carbonyl (C=O) groups excluding carboxylic acids is 1. The third-order valence-corrected chi connectivity index (χ3v) is 5.95. The van der Waals surface area contributed by atoms with Crippen LogP contribution in [0.25, 0.3) is 12.2 Å². The molecule has 2 atom stereocenters. The van der Waals surface area contributed by atoms with Crippen molar-refractivity contribution in [3.05, 3.63) is 119 Å². The number of rotatable bonds is 2. The second-order valence-electron chi connectivity index (χ2n) is 7.33. The van der Waals surface area contributed by atoms with Gasteiger partial charge in [-0.05, 0) is 40.3 Å². The number of carbonyl (C=O) groups is 1. The Morgan fingerprint density at radius 1 is 0.778 bits per heavy atom.